The average Bonchev–Trinajstić information content (AvgIpc) is 2.48. The van der Waals surface area contributed by atoms with Crippen LogP contribution in [0.5, 0.6) is 0 Å². The van der Waals surface area contributed by atoms with E-state index in [1.54, 1.807) is 0 Å². The van der Waals surface area contributed by atoms with Gasteiger partial charge < -0.3 is 15.0 Å². The fraction of sp³-hybridized carbons (Fsp3) is 1.00. The first-order chi connectivity index (χ1) is 10.1. The zero-order valence-electron chi connectivity index (χ0n) is 14.6. The molecule has 0 amide bonds. The molecule has 1 N–H and O–H groups in total. The van der Waals surface area contributed by atoms with Crippen LogP contribution in [0.15, 0.2) is 0 Å². The Morgan fingerprint density at radius 1 is 1.19 bits per heavy atom. The minimum Gasteiger partial charge on any atom is -0.380 e. The van der Waals surface area contributed by atoms with Crippen LogP contribution in [-0.4, -0.2) is 50.3 Å². The van der Waals surface area contributed by atoms with Gasteiger partial charge in [0.15, 0.2) is 0 Å². The summed E-state index contributed by atoms with van der Waals surface area (Å²) >= 11 is 0. The predicted molar refractivity (Wildman–Crippen MR) is 89.6 cm³/mol. The van der Waals surface area contributed by atoms with Crippen molar-refractivity contribution in [2.24, 2.45) is 17.8 Å². The standard InChI is InChI=1S/C18H36N2O/c1-5-9-19-17-7-6-14(2)11-16(17)12-20-10-8-15(3)18(13-20)21-4/h14-19H,5-13H2,1-4H3. The van der Waals surface area contributed by atoms with Gasteiger partial charge >= 0.3 is 0 Å². The van der Waals surface area contributed by atoms with Crippen molar-refractivity contribution in [2.75, 3.05) is 33.3 Å². The molecule has 0 radical (unpaired) electrons. The quantitative estimate of drug-likeness (QED) is 0.815. The molecule has 2 rings (SSSR count). The van der Waals surface area contributed by atoms with Crippen molar-refractivity contribution in [1.29, 1.82) is 0 Å². The molecule has 3 nitrogen and oxygen atoms in total. The van der Waals surface area contributed by atoms with Gasteiger partial charge in [-0.15, -0.1) is 0 Å². The van der Waals surface area contributed by atoms with Crippen LogP contribution >= 0.6 is 0 Å². The molecule has 0 aromatic carbocycles. The summed E-state index contributed by atoms with van der Waals surface area (Å²) < 4.78 is 5.68. The van der Waals surface area contributed by atoms with Crippen LogP contribution in [-0.2, 0) is 4.74 Å². The van der Waals surface area contributed by atoms with E-state index in [1.807, 2.05) is 7.11 Å². The number of hydrogen-bond acceptors (Lipinski definition) is 3. The molecule has 2 aliphatic rings. The van der Waals surface area contributed by atoms with Crippen molar-refractivity contribution < 1.29 is 4.74 Å². The average molecular weight is 296 g/mol. The third-order valence-corrected chi connectivity index (χ3v) is 5.67. The molecular formula is C18H36N2O. The maximum atomic E-state index is 5.68. The van der Waals surface area contributed by atoms with Crippen molar-refractivity contribution in [3.63, 3.8) is 0 Å². The summed E-state index contributed by atoms with van der Waals surface area (Å²) in [7, 11) is 1.87. The predicted octanol–water partition coefficient (Wildman–Crippen LogP) is 3.15. The highest BCUT2D eigenvalue weighted by molar-refractivity contribution is 4.88. The minimum atomic E-state index is 0.432. The van der Waals surface area contributed by atoms with Gasteiger partial charge in [-0.2, -0.15) is 0 Å². The van der Waals surface area contributed by atoms with Gasteiger partial charge in [0.05, 0.1) is 6.10 Å². The van der Waals surface area contributed by atoms with E-state index < -0.39 is 0 Å². The second-order valence-electron chi connectivity index (χ2n) is 7.54. The number of hydrogen-bond donors (Lipinski definition) is 1. The van der Waals surface area contributed by atoms with E-state index in [0.717, 1.165) is 24.4 Å². The highest BCUT2D eigenvalue weighted by atomic mass is 16.5. The van der Waals surface area contributed by atoms with E-state index in [9.17, 15) is 0 Å². The molecule has 0 aromatic heterocycles. The first-order valence-corrected chi connectivity index (χ1v) is 9.12. The number of nitrogens with one attached hydrogen (secondary N) is 1. The van der Waals surface area contributed by atoms with Crippen LogP contribution in [0, 0.1) is 17.8 Å². The van der Waals surface area contributed by atoms with Crippen molar-refractivity contribution in [1.82, 2.24) is 10.2 Å². The van der Waals surface area contributed by atoms with Gasteiger partial charge in [-0.05, 0) is 62.9 Å². The van der Waals surface area contributed by atoms with Gasteiger partial charge in [-0.25, -0.2) is 0 Å². The lowest BCUT2D eigenvalue weighted by Gasteiger charge is -2.42. The smallest absolute Gasteiger partial charge is 0.0724 e. The maximum absolute atomic E-state index is 5.68. The van der Waals surface area contributed by atoms with Gasteiger partial charge in [-0.3, -0.25) is 0 Å². The third-order valence-electron chi connectivity index (χ3n) is 5.67. The lowest BCUT2D eigenvalue weighted by Crippen LogP contribution is -2.50. The monoisotopic (exact) mass is 296 g/mol. The second-order valence-corrected chi connectivity index (χ2v) is 7.54. The van der Waals surface area contributed by atoms with Crippen LogP contribution in [0.1, 0.15) is 52.9 Å². The van der Waals surface area contributed by atoms with Crippen LogP contribution in [0.25, 0.3) is 0 Å². The molecule has 0 aromatic rings. The summed E-state index contributed by atoms with van der Waals surface area (Å²) in [6, 6.07) is 0.737. The Kier molecular flexibility index (Phi) is 6.97. The first kappa shape index (κ1) is 17.2. The minimum absolute atomic E-state index is 0.432. The van der Waals surface area contributed by atoms with Crippen LogP contribution in [0.4, 0.5) is 0 Å². The largest absolute Gasteiger partial charge is 0.380 e. The molecule has 1 heterocycles. The molecule has 1 aliphatic heterocycles. The van der Waals surface area contributed by atoms with Gasteiger partial charge in [0.25, 0.3) is 0 Å². The number of methoxy groups -OCH3 is 1. The molecule has 21 heavy (non-hydrogen) atoms. The number of rotatable bonds is 6. The SMILES string of the molecule is CCCNC1CCC(C)CC1CN1CCC(C)C(OC)C1. The Morgan fingerprint density at radius 3 is 2.71 bits per heavy atom. The maximum Gasteiger partial charge on any atom is 0.0724 e. The lowest BCUT2D eigenvalue weighted by atomic mass is 9.78. The molecule has 1 aliphatic carbocycles. The second kappa shape index (κ2) is 8.50. The number of nitrogens with zero attached hydrogens (tertiary/aromatic N) is 1. The first-order valence-electron chi connectivity index (χ1n) is 9.12. The summed E-state index contributed by atoms with van der Waals surface area (Å²) in [5.74, 6) is 2.44. The zero-order valence-corrected chi connectivity index (χ0v) is 14.6. The number of ether oxygens (including phenoxy) is 1. The fourth-order valence-corrected chi connectivity index (χ4v) is 4.20. The summed E-state index contributed by atoms with van der Waals surface area (Å²) in [4.78, 5) is 2.66. The Morgan fingerprint density at radius 2 is 2.00 bits per heavy atom. The number of likely N-dealkylation sites (tertiary alicyclic amines) is 1. The fourth-order valence-electron chi connectivity index (χ4n) is 4.20. The van der Waals surface area contributed by atoms with Crippen LogP contribution in [0.3, 0.4) is 0 Å². The Balaban J connectivity index is 1.88. The van der Waals surface area contributed by atoms with E-state index in [2.05, 4.69) is 31.0 Å². The van der Waals surface area contributed by atoms with Gasteiger partial charge in [-0.1, -0.05) is 20.8 Å². The Labute approximate surface area is 131 Å². The van der Waals surface area contributed by atoms with E-state index in [0.29, 0.717) is 12.0 Å². The van der Waals surface area contributed by atoms with Crippen molar-refractivity contribution in [2.45, 2.75) is 65.0 Å². The van der Waals surface area contributed by atoms with Crippen molar-refractivity contribution in [3.8, 4) is 0 Å². The summed E-state index contributed by atoms with van der Waals surface area (Å²) in [5.41, 5.74) is 0. The van der Waals surface area contributed by atoms with Gasteiger partial charge in [0.2, 0.25) is 0 Å². The summed E-state index contributed by atoms with van der Waals surface area (Å²) in [5, 5.41) is 3.81. The molecule has 5 unspecified atom stereocenters. The van der Waals surface area contributed by atoms with E-state index >= 15 is 0 Å². The summed E-state index contributed by atoms with van der Waals surface area (Å²) in [6.45, 7) is 11.8. The molecule has 124 valence electrons. The Bertz CT molecular complexity index is 295. The molecule has 0 bridgehead atoms. The molecule has 3 heteroatoms. The topological polar surface area (TPSA) is 24.5 Å². The van der Waals surface area contributed by atoms with Crippen molar-refractivity contribution >= 4 is 0 Å². The van der Waals surface area contributed by atoms with Gasteiger partial charge in [0, 0.05) is 26.2 Å². The molecule has 1 saturated carbocycles. The summed E-state index contributed by atoms with van der Waals surface area (Å²) in [6.07, 6.45) is 7.12. The lowest BCUT2D eigenvalue weighted by molar-refractivity contribution is -0.0138. The zero-order chi connectivity index (χ0) is 15.2. The molecule has 1 saturated heterocycles. The van der Waals surface area contributed by atoms with E-state index in [-0.39, 0.29) is 0 Å². The number of piperidine rings is 1. The molecule has 5 atom stereocenters. The molecule has 2 fully saturated rings. The molecule has 0 spiro atoms. The van der Waals surface area contributed by atoms with Crippen LogP contribution in [0.2, 0.25) is 0 Å². The van der Waals surface area contributed by atoms with Crippen molar-refractivity contribution in [3.05, 3.63) is 0 Å². The van der Waals surface area contributed by atoms with E-state index in [1.165, 1.54) is 51.7 Å². The normalized spacial score (nSPS) is 38.6. The highest BCUT2D eigenvalue weighted by Gasteiger charge is 2.32. The third kappa shape index (κ3) is 4.94. The highest BCUT2D eigenvalue weighted by Crippen LogP contribution is 2.31. The molecular weight excluding hydrogens is 260 g/mol. The van der Waals surface area contributed by atoms with Gasteiger partial charge in [0.1, 0.15) is 0 Å². The van der Waals surface area contributed by atoms with E-state index in [4.69, 9.17) is 4.74 Å². The van der Waals surface area contributed by atoms with Crippen LogP contribution < -0.4 is 5.32 Å². The Hall–Kier alpha value is -0.120.